The maximum Gasteiger partial charge on any atom is 0.241 e. The van der Waals surface area contributed by atoms with E-state index in [9.17, 15) is 4.79 Å². The molecule has 0 aromatic carbocycles. The summed E-state index contributed by atoms with van der Waals surface area (Å²) in [5, 5.41) is 3.32. The Kier molecular flexibility index (Phi) is 3.92. The van der Waals surface area contributed by atoms with Gasteiger partial charge in [-0.15, -0.1) is 0 Å². The highest BCUT2D eigenvalue weighted by molar-refractivity contribution is 7.99. The van der Waals surface area contributed by atoms with Crippen molar-refractivity contribution >= 4 is 17.7 Å². The maximum atomic E-state index is 12.1. The lowest BCUT2D eigenvalue weighted by Crippen LogP contribution is -2.40. The highest BCUT2D eigenvalue weighted by Gasteiger charge is 2.35. The van der Waals surface area contributed by atoms with Gasteiger partial charge in [-0.1, -0.05) is 13.3 Å². The first-order chi connectivity index (χ1) is 7.33. The van der Waals surface area contributed by atoms with Gasteiger partial charge in [-0.05, 0) is 30.8 Å². The fraction of sp³-hybridized carbons (Fsp3) is 0.909. The van der Waals surface area contributed by atoms with Crippen molar-refractivity contribution in [3.8, 4) is 0 Å². The lowest BCUT2D eigenvalue weighted by molar-refractivity contribution is -0.131. The highest BCUT2D eigenvalue weighted by Crippen LogP contribution is 2.24. The number of rotatable bonds is 3. The van der Waals surface area contributed by atoms with Crippen LogP contribution in [0.3, 0.4) is 0 Å². The van der Waals surface area contributed by atoms with Crippen LogP contribution in [0.5, 0.6) is 0 Å². The van der Waals surface area contributed by atoms with E-state index in [1.54, 1.807) is 0 Å². The Morgan fingerprint density at radius 3 is 2.87 bits per heavy atom. The van der Waals surface area contributed by atoms with Gasteiger partial charge in [-0.25, -0.2) is 0 Å². The molecule has 0 bridgehead atoms. The summed E-state index contributed by atoms with van der Waals surface area (Å²) in [4.78, 5) is 14.1. The maximum absolute atomic E-state index is 12.1. The van der Waals surface area contributed by atoms with Crippen LogP contribution >= 0.6 is 11.8 Å². The van der Waals surface area contributed by atoms with Gasteiger partial charge in [0.1, 0.15) is 0 Å². The molecule has 2 saturated heterocycles. The van der Waals surface area contributed by atoms with Crippen LogP contribution in [0.1, 0.15) is 32.6 Å². The van der Waals surface area contributed by atoms with Gasteiger partial charge in [-0.2, -0.15) is 11.8 Å². The molecule has 2 rings (SSSR count). The van der Waals surface area contributed by atoms with Gasteiger partial charge in [0.15, 0.2) is 0 Å². The average molecular weight is 228 g/mol. The molecule has 1 unspecified atom stereocenters. The van der Waals surface area contributed by atoms with E-state index >= 15 is 0 Å². The quantitative estimate of drug-likeness (QED) is 0.793. The molecule has 0 aromatic heterocycles. The summed E-state index contributed by atoms with van der Waals surface area (Å²) in [7, 11) is 0. The van der Waals surface area contributed by atoms with E-state index in [2.05, 4.69) is 17.1 Å². The standard InChI is InChI=1S/C11H20N2OS/c1-2-3-10-11(14)13(8-12-10)9-4-6-15-7-5-9/h9-10,12H,2-8H2,1H3. The van der Waals surface area contributed by atoms with Crippen LogP contribution in [0.25, 0.3) is 0 Å². The second-order valence-electron chi connectivity index (χ2n) is 4.36. The van der Waals surface area contributed by atoms with Crippen molar-refractivity contribution in [2.75, 3.05) is 18.2 Å². The zero-order chi connectivity index (χ0) is 10.7. The van der Waals surface area contributed by atoms with E-state index in [-0.39, 0.29) is 6.04 Å². The minimum absolute atomic E-state index is 0.101. The summed E-state index contributed by atoms with van der Waals surface area (Å²) in [6.45, 7) is 2.91. The van der Waals surface area contributed by atoms with Gasteiger partial charge in [-0.3, -0.25) is 10.1 Å². The Morgan fingerprint density at radius 2 is 2.20 bits per heavy atom. The van der Waals surface area contributed by atoms with Crippen molar-refractivity contribution in [2.45, 2.75) is 44.7 Å². The number of hydrogen-bond donors (Lipinski definition) is 1. The van der Waals surface area contributed by atoms with Crippen molar-refractivity contribution in [1.29, 1.82) is 0 Å². The minimum Gasteiger partial charge on any atom is -0.326 e. The smallest absolute Gasteiger partial charge is 0.241 e. The molecule has 86 valence electrons. The Bertz CT molecular complexity index is 229. The van der Waals surface area contributed by atoms with Crippen LogP contribution in [0.15, 0.2) is 0 Å². The molecule has 4 heteroatoms. The topological polar surface area (TPSA) is 32.3 Å². The molecular formula is C11H20N2OS. The predicted molar refractivity (Wildman–Crippen MR) is 63.9 cm³/mol. The van der Waals surface area contributed by atoms with E-state index < -0.39 is 0 Å². The molecule has 1 atom stereocenters. The largest absolute Gasteiger partial charge is 0.326 e. The van der Waals surface area contributed by atoms with Crippen LogP contribution in [0.2, 0.25) is 0 Å². The number of carbonyl (C=O) groups excluding carboxylic acids is 1. The van der Waals surface area contributed by atoms with Crippen LogP contribution in [-0.4, -0.2) is 41.1 Å². The zero-order valence-corrected chi connectivity index (χ0v) is 10.2. The van der Waals surface area contributed by atoms with E-state index in [1.165, 1.54) is 24.3 Å². The molecule has 3 nitrogen and oxygen atoms in total. The fourth-order valence-corrected chi connectivity index (χ4v) is 3.48. The van der Waals surface area contributed by atoms with Crippen molar-refractivity contribution < 1.29 is 4.79 Å². The van der Waals surface area contributed by atoms with Gasteiger partial charge in [0.05, 0.1) is 12.7 Å². The number of amides is 1. The Morgan fingerprint density at radius 1 is 1.47 bits per heavy atom. The lowest BCUT2D eigenvalue weighted by Gasteiger charge is -2.30. The molecule has 2 fully saturated rings. The fourth-order valence-electron chi connectivity index (χ4n) is 2.39. The Balaban J connectivity index is 1.90. The summed E-state index contributed by atoms with van der Waals surface area (Å²) in [5.41, 5.74) is 0. The van der Waals surface area contributed by atoms with Crippen molar-refractivity contribution in [3.05, 3.63) is 0 Å². The molecule has 0 spiro atoms. The van der Waals surface area contributed by atoms with E-state index in [0.29, 0.717) is 11.9 Å². The second-order valence-corrected chi connectivity index (χ2v) is 5.58. The molecule has 1 N–H and O–H groups in total. The van der Waals surface area contributed by atoms with Crippen molar-refractivity contribution in [1.82, 2.24) is 10.2 Å². The summed E-state index contributed by atoms with van der Waals surface area (Å²) in [6.07, 6.45) is 4.42. The van der Waals surface area contributed by atoms with Gasteiger partial charge in [0, 0.05) is 6.04 Å². The van der Waals surface area contributed by atoms with Gasteiger partial charge >= 0.3 is 0 Å². The first-order valence-corrected chi connectivity index (χ1v) is 7.10. The number of carbonyl (C=O) groups is 1. The summed E-state index contributed by atoms with van der Waals surface area (Å²) < 4.78 is 0. The number of nitrogens with one attached hydrogen (secondary N) is 1. The van der Waals surface area contributed by atoms with Crippen LogP contribution < -0.4 is 5.32 Å². The first-order valence-electron chi connectivity index (χ1n) is 5.94. The molecule has 1 amide bonds. The SMILES string of the molecule is CCCC1NCN(C2CCSCC2)C1=O. The van der Waals surface area contributed by atoms with Crippen LogP contribution in [0.4, 0.5) is 0 Å². The lowest BCUT2D eigenvalue weighted by atomic mass is 10.1. The molecule has 0 aromatic rings. The molecule has 2 aliphatic heterocycles. The zero-order valence-electron chi connectivity index (χ0n) is 9.37. The molecule has 15 heavy (non-hydrogen) atoms. The van der Waals surface area contributed by atoms with E-state index in [0.717, 1.165) is 19.5 Å². The third kappa shape index (κ3) is 2.48. The summed E-state index contributed by atoms with van der Waals surface area (Å²) in [5.74, 6) is 2.77. The normalized spacial score (nSPS) is 28.7. The minimum atomic E-state index is 0.101. The molecule has 2 heterocycles. The van der Waals surface area contributed by atoms with Crippen molar-refractivity contribution in [3.63, 3.8) is 0 Å². The molecule has 0 saturated carbocycles. The summed E-state index contributed by atoms with van der Waals surface area (Å²) >= 11 is 2.01. The van der Waals surface area contributed by atoms with E-state index in [4.69, 9.17) is 0 Å². The second kappa shape index (κ2) is 5.21. The first kappa shape index (κ1) is 11.3. The Labute approximate surface area is 96.0 Å². The molecule has 2 aliphatic rings. The van der Waals surface area contributed by atoms with Gasteiger partial charge in [0.2, 0.25) is 5.91 Å². The van der Waals surface area contributed by atoms with Crippen molar-refractivity contribution in [2.24, 2.45) is 0 Å². The molecule has 0 radical (unpaired) electrons. The molecular weight excluding hydrogens is 208 g/mol. The summed E-state index contributed by atoms with van der Waals surface area (Å²) in [6, 6.07) is 0.609. The monoisotopic (exact) mass is 228 g/mol. The average Bonchev–Trinajstić information content (AvgIpc) is 2.63. The molecule has 0 aliphatic carbocycles. The predicted octanol–water partition coefficient (Wildman–Crippen LogP) is 1.44. The van der Waals surface area contributed by atoms with E-state index in [1.807, 2.05) is 11.8 Å². The highest BCUT2D eigenvalue weighted by atomic mass is 32.2. The van der Waals surface area contributed by atoms with Gasteiger partial charge < -0.3 is 4.90 Å². The number of nitrogens with zero attached hydrogens (tertiary/aromatic N) is 1. The number of hydrogen-bond acceptors (Lipinski definition) is 3. The Hall–Kier alpha value is -0.220. The van der Waals surface area contributed by atoms with Crippen LogP contribution in [-0.2, 0) is 4.79 Å². The third-order valence-corrected chi connectivity index (χ3v) is 4.35. The van der Waals surface area contributed by atoms with Gasteiger partial charge in [0.25, 0.3) is 0 Å². The third-order valence-electron chi connectivity index (χ3n) is 3.30. The number of thioether (sulfide) groups is 1. The van der Waals surface area contributed by atoms with Crippen LogP contribution in [0, 0.1) is 0 Å².